The number of carbonyl (C=O) groups is 1. The summed E-state index contributed by atoms with van der Waals surface area (Å²) in [6, 6.07) is 9.08. The number of nitrogens with one attached hydrogen (secondary N) is 1. The maximum Gasteiger partial charge on any atom is 0.237 e. The Hall–Kier alpha value is -1.67. The summed E-state index contributed by atoms with van der Waals surface area (Å²) >= 11 is 1.69. The first kappa shape index (κ1) is 12.8. The highest BCUT2D eigenvalue weighted by molar-refractivity contribution is 8.00. The molecule has 1 heterocycles. The van der Waals surface area contributed by atoms with Gasteiger partial charge in [0.25, 0.3) is 0 Å². The van der Waals surface area contributed by atoms with Crippen molar-refractivity contribution in [2.75, 3.05) is 17.7 Å². The quantitative estimate of drug-likeness (QED) is 0.905. The molecule has 0 bridgehead atoms. The molecule has 94 valence electrons. The first-order valence-electron chi connectivity index (χ1n) is 5.82. The highest BCUT2D eigenvalue weighted by atomic mass is 32.2. The van der Waals surface area contributed by atoms with Crippen LogP contribution < -0.4 is 10.1 Å². The van der Waals surface area contributed by atoms with Crippen LogP contribution in [0.15, 0.2) is 24.3 Å². The minimum Gasteiger partial charge on any atom is -0.477 e. The predicted molar refractivity (Wildman–Crippen MR) is 71.7 cm³/mol. The van der Waals surface area contributed by atoms with Gasteiger partial charge < -0.3 is 10.1 Å². The maximum atomic E-state index is 12.0. The molecular weight excluding hydrogens is 248 g/mol. The highest BCUT2D eigenvalue weighted by Gasteiger charge is 2.23. The summed E-state index contributed by atoms with van der Waals surface area (Å²) in [4.78, 5) is 12.0. The molecular formula is C13H14N2O2S. The standard InChI is InChI=1S/C13H14N2O2S/c14-7-8-17-11-5-2-1-4-10(11)15-13(16)12-6-3-9-18-12/h1-2,4-5,12H,3,6,8-9H2,(H,15,16). The van der Waals surface area contributed by atoms with Crippen LogP contribution in [0.5, 0.6) is 5.75 Å². The van der Waals surface area contributed by atoms with Crippen LogP contribution in [0, 0.1) is 11.3 Å². The summed E-state index contributed by atoms with van der Waals surface area (Å²) in [5.41, 5.74) is 0.630. The van der Waals surface area contributed by atoms with Crippen molar-refractivity contribution in [3.05, 3.63) is 24.3 Å². The Kier molecular flexibility index (Phi) is 4.48. The minimum absolute atomic E-state index is 0.0190. The van der Waals surface area contributed by atoms with Crippen molar-refractivity contribution in [3.8, 4) is 11.8 Å². The lowest BCUT2D eigenvalue weighted by Crippen LogP contribution is -2.23. The van der Waals surface area contributed by atoms with E-state index in [1.54, 1.807) is 23.9 Å². The molecule has 2 rings (SSSR count). The number of anilines is 1. The number of amides is 1. The molecule has 1 aliphatic heterocycles. The average Bonchev–Trinajstić information content (AvgIpc) is 2.91. The molecule has 1 aliphatic rings. The zero-order valence-electron chi connectivity index (χ0n) is 9.89. The summed E-state index contributed by atoms with van der Waals surface area (Å²) < 4.78 is 5.27. The van der Waals surface area contributed by atoms with Crippen LogP contribution in [-0.4, -0.2) is 23.5 Å². The molecule has 0 aliphatic carbocycles. The molecule has 0 aromatic heterocycles. The molecule has 18 heavy (non-hydrogen) atoms. The molecule has 0 radical (unpaired) electrons. The van der Waals surface area contributed by atoms with Crippen LogP contribution in [0.2, 0.25) is 0 Å². The number of nitriles is 1. The highest BCUT2D eigenvalue weighted by Crippen LogP contribution is 2.29. The van der Waals surface area contributed by atoms with E-state index < -0.39 is 0 Å². The monoisotopic (exact) mass is 262 g/mol. The summed E-state index contributed by atoms with van der Waals surface area (Å²) in [6.45, 7) is -0.0228. The predicted octanol–water partition coefficient (Wildman–Crippen LogP) is 2.42. The summed E-state index contributed by atoms with van der Waals surface area (Å²) in [5.74, 6) is 1.60. The Bertz CT molecular complexity index is 464. The van der Waals surface area contributed by atoms with Gasteiger partial charge in [-0.25, -0.2) is 0 Å². The van der Waals surface area contributed by atoms with Crippen molar-refractivity contribution in [2.24, 2.45) is 0 Å². The van der Waals surface area contributed by atoms with Gasteiger partial charge in [-0.2, -0.15) is 5.26 Å². The van der Waals surface area contributed by atoms with E-state index >= 15 is 0 Å². The number of thioether (sulfide) groups is 1. The van der Waals surface area contributed by atoms with E-state index in [9.17, 15) is 4.79 Å². The maximum absolute atomic E-state index is 12.0. The van der Waals surface area contributed by atoms with Crippen LogP contribution in [0.1, 0.15) is 12.8 Å². The second kappa shape index (κ2) is 6.31. The van der Waals surface area contributed by atoms with Crippen LogP contribution >= 0.6 is 11.8 Å². The third kappa shape index (κ3) is 3.17. The molecule has 5 heteroatoms. The first-order chi connectivity index (χ1) is 8.81. The van der Waals surface area contributed by atoms with Gasteiger partial charge in [0, 0.05) is 0 Å². The molecule has 1 fully saturated rings. The topological polar surface area (TPSA) is 62.1 Å². The summed E-state index contributed by atoms with van der Waals surface area (Å²) in [5, 5.41) is 11.4. The minimum atomic E-state index is -0.0228. The van der Waals surface area contributed by atoms with Gasteiger partial charge in [0.1, 0.15) is 11.8 Å². The fourth-order valence-corrected chi connectivity index (χ4v) is 2.96. The molecule has 0 saturated carbocycles. The van der Waals surface area contributed by atoms with E-state index in [4.69, 9.17) is 10.00 Å². The van der Waals surface area contributed by atoms with Crippen molar-refractivity contribution < 1.29 is 9.53 Å². The van der Waals surface area contributed by atoms with Crippen molar-refractivity contribution >= 4 is 23.4 Å². The van der Waals surface area contributed by atoms with Gasteiger partial charge in [0.15, 0.2) is 6.61 Å². The van der Waals surface area contributed by atoms with E-state index in [-0.39, 0.29) is 17.8 Å². The fraction of sp³-hybridized carbons (Fsp3) is 0.385. The third-order valence-corrected chi connectivity index (χ3v) is 4.04. The van der Waals surface area contributed by atoms with E-state index in [1.807, 2.05) is 18.2 Å². The van der Waals surface area contributed by atoms with Crippen LogP contribution in [-0.2, 0) is 4.79 Å². The van der Waals surface area contributed by atoms with Gasteiger partial charge in [-0.3, -0.25) is 4.79 Å². The number of para-hydroxylation sites is 2. The number of rotatable bonds is 4. The normalized spacial score (nSPS) is 18.1. The van der Waals surface area contributed by atoms with Crippen LogP contribution in [0.3, 0.4) is 0 Å². The molecule has 1 N–H and O–H groups in total. The fourth-order valence-electron chi connectivity index (χ4n) is 1.80. The van der Waals surface area contributed by atoms with Gasteiger partial charge in [0.05, 0.1) is 10.9 Å². The largest absolute Gasteiger partial charge is 0.477 e. The van der Waals surface area contributed by atoms with E-state index in [2.05, 4.69) is 5.32 Å². The molecule has 1 amide bonds. The SMILES string of the molecule is N#CCOc1ccccc1NC(=O)C1CCCS1. The Labute approximate surface area is 110 Å². The Morgan fingerprint density at radius 2 is 2.39 bits per heavy atom. The number of benzene rings is 1. The van der Waals surface area contributed by atoms with Crippen molar-refractivity contribution in [1.82, 2.24) is 0 Å². The van der Waals surface area contributed by atoms with Crippen molar-refractivity contribution in [2.45, 2.75) is 18.1 Å². The van der Waals surface area contributed by atoms with Crippen molar-refractivity contribution in [3.63, 3.8) is 0 Å². The number of hydrogen-bond donors (Lipinski definition) is 1. The molecule has 1 aromatic rings. The zero-order valence-corrected chi connectivity index (χ0v) is 10.7. The second-order valence-corrected chi connectivity index (χ2v) is 5.24. The molecule has 1 saturated heterocycles. The van der Waals surface area contributed by atoms with Crippen molar-refractivity contribution in [1.29, 1.82) is 5.26 Å². The average molecular weight is 262 g/mol. The number of hydrogen-bond acceptors (Lipinski definition) is 4. The van der Waals surface area contributed by atoms with Crippen LogP contribution in [0.4, 0.5) is 5.69 Å². The lowest BCUT2D eigenvalue weighted by atomic mass is 10.2. The second-order valence-electron chi connectivity index (χ2n) is 3.93. The smallest absolute Gasteiger partial charge is 0.237 e. The van der Waals surface area contributed by atoms with Crippen LogP contribution in [0.25, 0.3) is 0 Å². The van der Waals surface area contributed by atoms with E-state index in [0.29, 0.717) is 11.4 Å². The number of ether oxygens (including phenoxy) is 1. The van der Waals surface area contributed by atoms with E-state index in [0.717, 1.165) is 18.6 Å². The molecule has 1 atom stereocenters. The van der Waals surface area contributed by atoms with Gasteiger partial charge in [-0.15, -0.1) is 11.8 Å². The zero-order chi connectivity index (χ0) is 12.8. The van der Waals surface area contributed by atoms with E-state index in [1.165, 1.54) is 0 Å². The van der Waals surface area contributed by atoms with Gasteiger partial charge in [-0.05, 0) is 30.7 Å². The molecule has 4 nitrogen and oxygen atoms in total. The van der Waals surface area contributed by atoms with Gasteiger partial charge in [0.2, 0.25) is 5.91 Å². The Balaban J connectivity index is 2.03. The molecule has 1 aromatic carbocycles. The number of carbonyl (C=O) groups excluding carboxylic acids is 1. The first-order valence-corrected chi connectivity index (χ1v) is 6.87. The lowest BCUT2D eigenvalue weighted by Gasteiger charge is -2.13. The van der Waals surface area contributed by atoms with Gasteiger partial charge in [-0.1, -0.05) is 12.1 Å². The number of nitrogens with zero attached hydrogens (tertiary/aromatic N) is 1. The molecule has 1 unspecified atom stereocenters. The Morgan fingerprint density at radius 1 is 1.56 bits per heavy atom. The van der Waals surface area contributed by atoms with Gasteiger partial charge >= 0.3 is 0 Å². The Morgan fingerprint density at radius 3 is 3.11 bits per heavy atom. The summed E-state index contributed by atoms with van der Waals surface area (Å²) in [6.07, 6.45) is 2.02. The lowest BCUT2D eigenvalue weighted by molar-refractivity contribution is -0.115. The third-order valence-electron chi connectivity index (χ3n) is 2.66. The molecule has 0 spiro atoms. The summed E-state index contributed by atoms with van der Waals surface area (Å²) in [7, 11) is 0.